The Hall–Kier alpha value is -9.35. The van der Waals surface area contributed by atoms with Crippen molar-refractivity contribution in [3.8, 4) is 22.3 Å². The molecule has 0 radical (unpaired) electrons. The highest BCUT2D eigenvalue weighted by Gasteiger charge is 2.47. The maximum absolute atomic E-state index is 7.23. The fraction of sp³-hybridized carbons (Fsp3) is 0.0571. The number of rotatable bonds is 6. The largest absolute Gasteiger partial charge is 0.454 e. The van der Waals surface area contributed by atoms with Gasteiger partial charge in [-0.1, -0.05) is 172 Å². The normalized spacial score (nSPS) is 14.1. The summed E-state index contributed by atoms with van der Waals surface area (Å²) >= 11 is 0. The smallest absolute Gasteiger partial charge is 0.160 e. The molecule has 0 saturated heterocycles. The van der Waals surface area contributed by atoms with E-state index in [-0.39, 0.29) is 0 Å². The number of fused-ring (bicyclic) bond motifs is 20. The fourth-order valence-electron chi connectivity index (χ4n) is 13.8. The Balaban J connectivity index is 0.925. The van der Waals surface area contributed by atoms with Crippen LogP contribution in [0.15, 0.2) is 236 Å². The summed E-state index contributed by atoms with van der Waals surface area (Å²) in [6, 6.07) is 78.6. The van der Waals surface area contributed by atoms with Gasteiger partial charge < -0.3 is 27.5 Å². The minimum Gasteiger partial charge on any atom is -0.454 e. The van der Waals surface area contributed by atoms with Crippen molar-refractivity contribution in [3.05, 3.63) is 218 Å². The van der Waals surface area contributed by atoms with Gasteiger partial charge in [-0.3, -0.25) is 0 Å². The molecule has 78 heavy (non-hydrogen) atoms. The number of para-hydroxylation sites is 8. The lowest BCUT2D eigenvalue weighted by molar-refractivity contribution is 0.665. The predicted molar refractivity (Wildman–Crippen MR) is 329 cm³/mol. The molecule has 8 heteroatoms. The molecule has 4 aromatic heterocycles. The summed E-state index contributed by atoms with van der Waals surface area (Å²) in [7, 11) is -5.02. The molecule has 0 spiro atoms. The summed E-state index contributed by atoms with van der Waals surface area (Å²) < 4.78 is 28.1. The van der Waals surface area contributed by atoms with Gasteiger partial charge in [0.1, 0.15) is 38.5 Å². The van der Waals surface area contributed by atoms with Crippen molar-refractivity contribution >= 4 is 159 Å². The molecule has 0 bridgehead atoms. The molecule has 0 fully saturated rings. The molecular formula is C70H48N2O4Si2. The number of furan rings is 4. The van der Waals surface area contributed by atoms with Gasteiger partial charge in [-0.15, -0.1) is 0 Å². The average molecular weight is 1040 g/mol. The molecule has 0 saturated carbocycles. The molecule has 0 atom stereocenters. The standard InChI is InChI=1S/C70H48N2O4Si2/c1-77(2)59-37-50-60(38-49(59)63-61(77)39-53(69-65(63)47-27-13-17-35-57(47)75-69)71(41-21-7-5-8-22-41)51-31-19-29-45-43-25-11-15-33-55(43)73-67(45)51)78(3,4)62-40-54(70-66(64(50)62)48-28-14-18-36-58(48)76-70)72(42-23-9-6-10-24-42)52-32-20-30-46-44-26-12-16-34-56(44)74-68(46)52/h5-40H,1-4H3. The first kappa shape index (κ1) is 43.8. The van der Waals surface area contributed by atoms with Crippen LogP contribution in [0.4, 0.5) is 34.1 Å². The van der Waals surface area contributed by atoms with Gasteiger partial charge in [0.2, 0.25) is 0 Å². The third-order valence-corrected chi connectivity index (χ3v) is 24.4. The van der Waals surface area contributed by atoms with Crippen molar-refractivity contribution in [3.63, 3.8) is 0 Å². The van der Waals surface area contributed by atoms with E-state index in [0.29, 0.717) is 0 Å². The van der Waals surface area contributed by atoms with Crippen molar-refractivity contribution in [1.82, 2.24) is 0 Å². The molecule has 11 aromatic carbocycles. The van der Waals surface area contributed by atoms with Crippen molar-refractivity contribution in [2.75, 3.05) is 9.80 Å². The first-order chi connectivity index (χ1) is 38.2. The Morgan fingerprint density at radius 2 is 0.615 bits per heavy atom. The highest BCUT2D eigenvalue weighted by atomic mass is 28.3. The Morgan fingerprint density at radius 3 is 1.03 bits per heavy atom. The van der Waals surface area contributed by atoms with Crippen molar-refractivity contribution in [2.45, 2.75) is 26.2 Å². The van der Waals surface area contributed by atoms with Crippen molar-refractivity contribution < 1.29 is 17.7 Å². The molecule has 2 aliphatic rings. The van der Waals surface area contributed by atoms with Crippen LogP contribution in [0, 0.1) is 0 Å². The van der Waals surface area contributed by atoms with Crippen molar-refractivity contribution in [2.24, 2.45) is 0 Å². The quantitative estimate of drug-likeness (QED) is 0.155. The van der Waals surface area contributed by atoms with Crippen LogP contribution in [0.25, 0.3) is 110 Å². The lowest BCUT2D eigenvalue weighted by atomic mass is 9.94. The minimum atomic E-state index is -2.51. The van der Waals surface area contributed by atoms with Crippen LogP contribution in [-0.2, 0) is 0 Å². The van der Waals surface area contributed by atoms with E-state index in [4.69, 9.17) is 17.7 Å². The second-order valence-corrected chi connectivity index (χ2v) is 30.9. The first-order valence-electron chi connectivity index (χ1n) is 26.9. The van der Waals surface area contributed by atoms with E-state index in [9.17, 15) is 0 Å². The molecule has 2 aliphatic heterocycles. The van der Waals surface area contributed by atoms with Gasteiger partial charge in [0, 0.05) is 54.5 Å². The Kier molecular flexibility index (Phi) is 8.79. The van der Waals surface area contributed by atoms with Gasteiger partial charge in [0.25, 0.3) is 0 Å². The lowest BCUT2D eigenvalue weighted by Gasteiger charge is -2.28. The van der Waals surface area contributed by atoms with Crippen LogP contribution < -0.4 is 30.5 Å². The second kappa shape index (κ2) is 15.6. The number of anilines is 6. The number of hydrogen-bond donors (Lipinski definition) is 0. The monoisotopic (exact) mass is 1040 g/mol. The second-order valence-electron chi connectivity index (χ2n) is 22.3. The fourth-order valence-corrected chi connectivity index (χ4v) is 19.9. The predicted octanol–water partition coefficient (Wildman–Crippen LogP) is 17.8. The summed E-state index contributed by atoms with van der Waals surface area (Å²) in [5, 5.41) is 14.6. The SMILES string of the molecule is C[Si]1(C)c2cc3c(cc2-c2c1cc(N(c1ccccc1)c1cccc4c1oc1ccccc14)c1oc4ccccc4c21)[Si](C)(C)c1cc(N(c2ccccc2)c2cccc4c2oc2ccccc24)c2oc4ccccc4c2c1-3. The van der Waals surface area contributed by atoms with Crippen LogP contribution in [0.3, 0.4) is 0 Å². The average Bonchev–Trinajstić information content (AvgIpc) is 4.12. The van der Waals surface area contributed by atoms with Gasteiger partial charge >= 0.3 is 0 Å². The number of nitrogens with zero attached hydrogens (tertiary/aromatic N) is 2. The van der Waals surface area contributed by atoms with E-state index in [1.165, 1.54) is 43.0 Å². The molecule has 0 aliphatic carbocycles. The van der Waals surface area contributed by atoms with E-state index in [1.807, 2.05) is 12.1 Å². The van der Waals surface area contributed by atoms with Gasteiger partial charge in [-0.25, -0.2) is 0 Å². The van der Waals surface area contributed by atoms with Crippen LogP contribution in [-0.4, -0.2) is 16.1 Å². The topological polar surface area (TPSA) is 59.0 Å². The van der Waals surface area contributed by atoms with E-state index < -0.39 is 16.1 Å². The minimum absolute atomic E-state index is 0.842. The third-order valence-electron chi connectivity index (χ3n) is 17.4. The number of hydrogen-bond acceptors (Lipinski definition) is 6. The Bertz CT molecular complexity index is 4740. The maximum atomic E-state index is 7.23. The van der Waals surface area contributed by atoms with Gasteiger partial charge in [0.05, 0.1) is 22.7 Å². The zero-order valence-electron chi connectivity index (χ0n) is 43.3. The summed E-state index contributed by atoms with van der Waals surface area (Å²) in [6.07, 6.45) is 0. The Morgan fingerprint density at radius 1 is 0.282 bits per heavy atom. The van der Waals surface area contributed by atoms with E-state index in [1.54, 1.807) is 0 Å². The Labute approximate surface area is 450 Å². The molecule has 370 valence electrons. The maximum Gasteiger partial charge on any atom is 0.160 e. The van der Waals surface area contributed by atoms with E-state index in [0.717, 1.165) is 122 Å². The van der Waals surface area contributed by atoms with Gasteiger partial charge in [-0.2, -0.15) is 0 Å². The molecule has 0 N–H and O–H groups in total. The lowest BCUT2D eigenvalue weighted by Crippen LogP contribution is -2.51. The zero-order valence-corrected chi connectivity index (χ0v) is 45.3. The van der Waals surface area contributed by atoms with E-state index >= 15 is 0 Å². The zero-order chi connectivity index (χ0) is 51.8. The molecule has 0 unspecified atom stereocenters. The molecular weight excluding hydrogens is 989 g/mol. The summed E-state index contributed by atoms with van der Waals surface area (Å²) in [4.78, 5) is 4.75. The van der Waals surface area contributed by atoms with Crippen LogP contribution in [0.5, 0.6) is 0 Å². The van der Waals surface area contributed by atoms with E-state index in [2.05, 4.69) is 242 Å². The highest BCUT2D eigenvalue weighted by Crippen LogP contribution is 2.53. The third kappa shape index (κ3) is 5.80. The summed E-state index contributed by atoms with van der Waals surface area (Å²) in [6.45, 7) is 10.2. The van der Waals surface area contributed by atoms with Crippen molar-refractivity contribution in [1.29, 1.82) is 0 Å². The summed E-state index contributed by atoms with van der Waals surface area (Å²) in [5.74, 6) is 0. The van der Waals surface area contributed by atoms with Gasteiger partial charge in [-0.05, 0) is 116 Å². The molecule has 6 nitrogen and oxygen atoms in total. The summed E-state index contributed by atoms with van der Waals surface area (Å²) in [5.41, 5.74) is 18.1. The highest BCUT2D eigenvalue weighted by molar-refractivity contribution is 7.06. The van der Waals surface area contributed by atoms with Crippen LogP contribution in [0.2, 0.25) is 26.2 Å². The molecule has 15 aromatic rings. The van der Waals surface area contributed by atoms with Crippen LogP contribution in [0.1, 0.15) is 0 Å². The number of benzene rings is 11. The molecule has 0 amide bonds. The van der Waals surface area contributed by atoms with Crippen LogP contribution >= 0.6 is 0 Å². The first-order valence-corrected chi connectivity index (χ1v) is 32.9. The molecule has 6 heterocycles. The molecule has 17 rings (SSSR count). The van der Waals surface area contributed by atoms with Gasteiger partial charge in [0.15, 0.2) is 22.3 Å².